The van der Waals surface area contributed by atoms with E-state index in [0.717, 1.165) is 43.4 Å². The molecule has 1 aliphatic rings. The van der Waals surface area contributed by atoms with Crippen LogP contribution in [0.4, 0.5) is 9.59 Å². The lowest BCUT2D eigenvalue weighted by Gasteiger charge is -2.22. The molecule has 2 rings (SSSR count). The number of fused-ring (bicyclic) bond motifs is 1. The molecular formula is C21H32N2O5S. The zero-order chi connectivity index (χ0) is 21.4. The van der Waals surface area contributed by atoms with Gasteiger partial charge in [-0.1, -0.05) is 44.7 Å². The molecule has 29 heavy (non-hydrogen) atoms. The number of benzene rings is 1. The van der Waals surface area contributed by atoms with Crippen LogP contribution in [-0.2, 0) is 11.2 Å². The van der Waals surface area contributed by atoms with Gasteiger partial charge in [0.25, 0.3) is 0 Å². The Balaban J connectivity index is 1.79. The van der Waals surface area contributed by atoms with Crippen LogP contribution in [0.1, 0.15) is 58.4 Å². The lowest BCUT2D eigenvalue weighted by molar-refractivity contribution is 0.128. The Morgan fingerprint density at radius 1 is 1.10 bits per heavy atom. The van der Waals surface area contributed by atoms with Crippen molar-refractivity contribution in [2.45, 2.75) is 64.9 Å². The molecule has 0 saturated carbocycles. The summed E-state index contributed by atoms with van der Waals surface area (Å²) in [6, 6.07) is 5.50. The molecular weight excluding hydrogens is 392 g/mol. The van der Waals surface area contributed by atoms with Crippen molar-refractivity contribution in [3.8, 4) is 11.5 Å². The molecule has 1 aromatic carbocycles. The second kappa shape index (κ2) is 10.6. The quantitative estimate of drug-likeness (QED) is 0.389. The van der Waals surface area contributed by atoms with Gasteiger partial charge in [-0.15, -0.1) is 0 Å². The van der Waals surface area contributed by atoms with E-state index in [1.54, 1.807) is 13.1 Å². The molecule has 8 heteroatoms. The molecule has 1 aliphatic heterocycles. The molecule has 0 atom stereocenters. The summed E-state index contributed by atoms with van der Waals surface area (Å²) in [7, 11) is 3.09. The summed E-state index contributed by atoms with van der Waals surface area (Å²) in [4.78, 5) is 24.5. The number of carbonyl (C=O) groups excluding carboxylic acids is 2. The molecule has 2 amide bonds. The van der Waals surface area contributed by atoms with E-state index in [-0.39, 0.29) is 5.60 Å². The fourth-order valence-electron chi connectivity index (χ4n) is 3.03. The van der Waals surface area contributed by atoms with E-state index in [9.17, 15) is 9.59 Å². The van der Waals surface area contributed by atoms with Gasteiger partial charge in [0.2, 0.25) is 0 Å². The number of para-hydroxylation sites is 1. The monoisotopic (exact) mass is 424 g/mol. The van der Waals surface area contributed by atoms with Crippen molar-refractivity contribution >= 4 is 24.3 Å². The smallest absolute Gasteiger partial charge is 0.426 e. The van der Waals surface area contributed by atoms with Gasteiger partial charge in [0.15, 0.2) is 11.5 Å². The third-order valence-corrected chi connectivity index (χ3v) is 5.27. The van der Waals surface area contributed by atoms with E-state index in [0.29, 0.717) is 18.1 Å². The molecule has 1 aromatic rings. The maximum Gasteiger partial charge on any atom is 0.426 e. The highest BCUT2D eigenvalue weighted by molar-refractivity contribution is 7.95. The summed E-state index contributed by atoms with van der Waals surface area (Å²) in [6.45, 7) is 6.52. The minimum Gasteiger partial charge on any atom is -0.483 e. The van der Waals surface area contributed by atoms with Gasteiger partial charge in [-0.05, 0) is 26.3 Å². The Morgan fingerprint density at radius 2 is 1.79 bits per heavy atom. The van der Waals surface area contributed by atoms with Crippen LogP contribution in [0.2, 0.25) is 0 Å². The van der Waals surface area contributed by atoms with Gasteiger partial charge in [-0.3, -0.25) is 0 Å². The molecule has 0 aromatic heterocycles. The first kappa shape index (κ1) is 23.2. The van der Waals surface area contributed by atoms with E-state index in [1.165, 1.54) is 28.5 Å². The van der Waals surface area contributed by atoms with Crippen LogP contribution in [0.3, 0.4) is 0 Å². The number of nitrogens with zero attached hydrogens (tertiary/aromatic N) is 2. The first-order valence-electron chi connectivity index (χ1n) is 10.1. The lowest BCUT2D eigenvalue weighted by atomic mass is 10.0. The van der Waals surface area contributed by atoms with Crippen LogP contribution in [0.5, 0.6) is 11.5 Å². The lowest BCUT2D eigenvalue weighted by Crippen LogP contribution is -2.31. The van der Waals surface area contributed by atoms with Gasteiger partial charge >= 0.3 is 12.2 Å². The fourth-order valence-corrected chi connectivity index (χ4v) is 3.62. The summed E-state index contributed by atoms with van der Waals surface area (Å²) < 4.78 is 19.1. The van der Waals surface area contributed by atoms with E-state index >= 15 is 0 Å². The Kier molecular flexibility index (Phi) is 8.49. The van der Waals surface area contributed by atoms with Crippen LogP contribution >= 0.6 is 12.1 Å². The topological polar surface area (TPSA) is 68.3 Å². The molecule has 0 fully saturated rings. The van der Waals surface area contributed by atoms with Crippen molar-refractivity contribution in [3.05, 3.63) is 23.8 Å². The van der Waals surface area contributed by atoms with Gasteiger partial charge in [0.05, 0.1) is 18.7 Å². The summed E-state index contributed by atoms with van der Waals surface area (Å²) in [5.74, 6) is 0.975. The number of hydrogen-bond acceptors (Lipinski definition) is 6. The standard InChI is InChI=1S/C21H32N2O5S/c1-6-7-8-9-10-14-26-19(24)22(4)29-23(5)20(25)27-17-13-11-12-16-15-21(2,3)28-18(16)17/h11-13H,6-10,14-15H2,1-5H3. The number of amides is 2. The van der Waals surface area contributed by atoms with Crippen LogP contribution in [-0.4, -0.2) is 47.1 Å². The highest BCUT2D eigenvalue weighted by Crippen LogP contribution is 2.42. The summed E-state index contributed by atoms with van der Waals surface area (Å²) >= 11 is 0.917. The minimum atomic E-state index is -0.601. The zero-order valence-corrected chi connectivity index (χ0v) is 18.8. The molecule has 0 aliphatic carbocycles. The zero-order valence-electron chi connectivity index (χ0n) is 18.0. The molecule has 7 nitrogen and oxygen atoms in total. The van der Waals surface area contributed by atoms with Crippen LogP contribution < -0.4 is 9.47 Å². The van der Waals surface area contributed by atoms with E-state index in [1.807, 2.05) is 26.0 Å². The first-order valence-corrected chi connectivity index (χ1v) is 10.8. The largest absolute Gasteiger partial charge is 0.483 e. The van der Waals surface area contributed by atoms with Gasteiger partial charge in [0.1, 0.15) is 5.60 Å². The van der Waals surface area contributed by atoms with E-state index in [4.69, 9.17) is 14.2 Å². The second-order valence-electron chi connectivity index (χ2n) is 7.76. The maximum absolute atomic E-state index is 12.4. The van der Waals surface area contributed by atoms with Crippen molar-refractivity contribution in [2.24, 2.45) is 0 Å². The summed E-state index contributed by atoms with van der Waals surface area (Å²) in [5.41, 5.74) is 0.682. The van der Waals surface area contributed by atoms with E-state index in [2.05, 4.69) is 6.92 Å². The van der Waals surface area contributed by atoms with Crippen molar-refractivity contribution in [1.82, 2.24) is 8.61 Å². The average Bonchev–Trinajstić information content (AvgIpc) is 2.99. The van der Waals surface area contributed by atoms with Gasteiger partial charge in [-0.25, -0.2) is 18.2 Å². The predicted octanol–water partition coefficient (Wildman–Crippen LogP) is 5.43. The molecule has 0 unspecified atom stereocenters. The Bertz CT molecular complexity index is 710. The van der Waals surface area contributed by atoms with Gasteiger partial charge in [-0.2, -0.15) is 0 Å². The summed E-state index contributed by atoms with van der Waals surface area (Å²) in [6.07, 6.45) is 5.08. The first-order chi connectivity index (χ1) is 13.7. The highest BCUT2D eigenvalue weighted by atomic mass is 32.2. The number of ether oxygens (including phenoxy) is 3. The van der Waals surface area contributed by atoms with Crippen molar-refractivity contribution < 1.29 is 23.8 Å². The molecule has 0 radical (unpaired) electrons. The Hall–Kier alpha value is -2.09. The van der Waals surface area contributed by atoms with Crippen molar-refractivity contribution in [3.63, 3.8) is 0 Å². The van der Waals surface area contributed by atoms with Crippen LogP contribution in [0.25, 0.3) is 0 Å². The Labute approximate surface area is 177 Å². The van der Waals surface area contributed by atoms with Gasteiger partial charge in [0, 0.05) is 26.1 Å². The van der Waals surface area contributed by atoms with Crippen molar-refractivity contribution in [1.29, 1.82) is 0 Å². The molecule has 0 N–H and O–H groups in total. The number of rotatable bonds is 9. The molecule has 0 bridgehead atoms. The van der Waals surface area contributed by atoms with Gasteiger partial charge < -0.3 is 14.2 Å². The average molecular weight is 425 g/mol. The van der Waals surface area contributed by atoms with E-state index < -0.39 is 12.2 Å². The second-order valence-corrected chi connectivity index (χ2v) is 9.01. The third kappa shape index (κ3) is 7.03. The Morgan fingerprint density at radius 3 is 2.52 bits per heavy atom. The van der Waals surface area contributed by atoms with Crippen molar-refractivity contribution in [2.75, 3.05) is 20.7 Å². The number of hydrogen-bond donors (Lipinski definition) is 0. The summed E-state index contributed by atoms with van der Waals surface area (Å²) in [5, 5.41) is 0. The molecule has 0 spiro atoms. The SMILES string of the molecule is CCCCCCCOC(=O)N(C)SN(C)C(=O)Oc1cccc2c1OC(C)(C)C2. The minimum absolute atomic E-state index is 0.327. The number of unbranched alkanes of at least 4 members (excludes halogenated alkanes) is 4. The molecule has 162 valence electrons. The van der Waals surface area contributed by atoms with Crippen LogP contribution in [0, 0.1) is 0 Å². The number of carbonyl (C=O) groups is 2. The normalized spacial score (nSPS) is 14.0. The molecule has 0 saturated heterocycles. The van der Waals surface area contributed by atoms with Crippen LogP contribution in [0.15, 0.2) is 18.2 Å². The maximum atomic E-state index is 12.4. The third-order valence-electron chi connectivity index (χ3n) is 4.48. The molecule has 1 heterocycles. The predicted molar refractivity (Wildman–Crippen MR) is 114 cm³/mol. The fraction of sp³-hybridized carbons (Fsp3) is 0.619. The highest BCUT2D eigenvalue weighted by Gasteiger charge is 2.33.